The molecule has 2 heterocycles. The molecule has 1 fully saturated rings. The number of rotatable bonds is 9. The molecule has 0 spiro atoms. The highest BCUT2D eigenvalue weighted by molar-refractivity contribution is 8.00. The number of hydrogen-bond donors (Lipinski definition) is 1. The van der Waals surface area contributed by atoms with Gasteiger partial charge in [0.2, 0.25) is 5.91 Å². The number of aryl methyl sites for hydroxylation is 1. The Morgan fingerprint density at radius 3 is 2.69 bits per heavy atom. The summed E-state index contributed by atoms with van der Waals surface area (Å²) in [7, 11) is 0. The van der Waals surface area contributed by atoms with Gasteiger partial charge in [0.05, 0.1) is 29.4 Å². The van der Waals surface area contributed by atoms with Crippen LogP contribution in [0, 0.1) is 6.92 Å². The average Bonchev–Trinajstić information content (AvgIpc) is 2.87. The zero-order valence-corrected chi connectivity index (χ0v) is 21.6. The van der Waals surface area contributed by atoms with Crippen molar-refractivity contribution in [3.63, 3.8) is 0 Å². The van der Waals surface area contributed by atoms with Crippen molar-refractivity contribution in [2.45, 2.75) is 57.0 Å². The molecule has 1 saturated heterocycles. The van der Waals surface area contributed by atoms with Gasteiger partial charge in [0.1, 0.15) is 0 Å². The minimum Gasteiger partial charge on any atom is -0.378 e. The number of nitrogens with one attached hydrogen (secondary N) is 1. The highest BCUT2D eigenvalue weighted by Crippen LogP contribution is 2.28. The van der Waals surface area contributed by atoms with Gasteiger partial charge in [-0.25, -0.2) is 4.98 Å². The van der Waals surface area contributed by atoms with E-state index in [0.29, 0.717) is 42.2 Å². The summed E-state index contributed by atoms with van der Waals surface area (Å²) in [5, 5.41) is 3.88. The molecule has 35 heavy (non-hydrogen) atoms. The van der Waals surface area contributed by atoms with E-state index in [9.17, 15) is 9.59 Å². The molecule has 1 aliphatic heterocycles. The van der Waals surface area contributed by atoms with E-state index in [4.69, 9.17) is 9.72 Å². The molecule has 2 aromatic carbocycles. The van der Waals surface area contributed by atoms with E-state index in [0.717, 1.165) is 42.9 Å². The van der Waals surface area contributed by atoms with Crippen LogP contribution in [0.3, 0.4) is 0 Å². The first-order valence-electron chi connectivity index (χ1n) is 12.4. The van der Waals surface area contributed by atoms with E-state index in [1.807, 2.05) is 56.3 Å². The summed E-state index contributed by atoms with van der Waals surface area (Å²) in [4.78, 5) is 33.8. The molecule has 4 rings (SSSR count). The molecule has 3 aromatic rings. The van der Waals surface area contributed by atoms with Gasteiger partial charge in [-0.05, 0) is 55.7 Å². The van der Waals surface area contributed by atoms with Crippen molar-refractivity contribution >= 4 is 39.9 Å². The number of morpholine rings is 1. The standard InChI is InChI=1S/C27H34N4O3S/c1-4-6-12-31-26(33)22-18-21(30-13-15-34-16-14-30)10-11-23(22)29-27(31)35-24(5-2)25(32)28-20-9-7-8-19(3)17-20/h7-11,17-18,24H,4-6,12-16H2,1-3H3,(H,28,32)/t24-/m0/s1. The number of thioether (sulfide) groups is 1. The van der Waals surface area contributed by atoms with E-state index in [1.165, 1.54) is 11.8 Å². The van der Waals surface area contributed by atoms with Crippen LogP contribution in [0.2, 0.25) is 0 Å². The lowest BCUT2D eigenvalue weighted by Gasteiger charge is -2.29. The molecule has 1 N–H and O–H groups in total. The second-order valence-electron chi connectivity index (χ2n) is 8.88. The number of carbonyl (C=O) groups excluding carboxylic acids is 1. The van der Waals surface area contributed by atoms with Crippen molar-refractivity contribution in [2.24, 2.45) is 0 Å². The smallest absolute Gasteiger partial charge is 0.262 e. The normalized spacial score (nSPS) is 14.8. The molecular formula is C27H34N4O3S. The zero-order chi connectivity index (χ0) is 24.8. The Balaban J connectivity index is 1.65. The largest absolute Gasteiger partial charge is 0.378 e. The fourth-order valence-corrected chi connectivity index (χ4v) is 5.24. The third-order valence-electron chi connectivity index (χ3n) is 6.21. The first-order valence-corrected chi connectivity index (χ1v) is 13.3. The third-order valence-corrected chi connectivity index (χ3v) is 7.57. The first-order chi connectivity index (χ1) is 17.0. The molecular weight excluding hydrogens is 460 g/mol. The summed E-state index contributed by atoms with van der Waals surface area (Å²) in [6, 6.07) is 13.7. The molecule has 0 saturated carbocycles. The third kappa shape index (κ3) is 6.05. The quantitative estimate of drug-likeness (QED) is 0.339. The van der Waals surface area contributed by atoms with E-state index in [2.05, 4.69) is 17.1 Å². The molecule has 186 valence electrons. The number of fused-ring (bicyclic) bond motifs is 1. The van der Waals surface area contributed by atoms with Crippen molar-refractivity contribution in [1.82, 2.24) is 9.55 Å². The summed E-state index contributed by atoms with van der Waals surface area (Å²) in [5.41, 5.74) is 3.50. The van der Waals surface area contributed by atoms with Gasteiger partial charge < -0.3 is 15.0 Å². The minimum absolute atomic E-state index is 0.0463. The molecule has 1 amide bonds. The summed E-state index contributed by atoms with van der Waals surface area (Å²) in [5.74, 6) is -0.0813. The van der Waals surface area contributed by atoms with Gasteiger partial charge in [0.15, 0.2) is 5.16 Å². The summed E-state index contributed by atoms with van der Waals surface area (Å²) in [6.07, 6.45) is 2.46. The summed E-state index contributed by atoms with van der Waals surface area (Å²) >= 11 is 1.37. The second-order valence-corrected chi connectivity index (χ2v) is 10.0. The Morgan fingerprint density at radius 1 is 1.17 bits per heavy atom. The van der Waals surface area contributed by atoms with E-state index in [1.54, 1.807) is 4.57 Å². The van der Waals surface area contributed by atoms with Gasteiger partial charge in [0, 0.05) is 31.0 Å². The number of benzene rings is 2. The maximum Gasteiger partial charge on any atom is 0.262 e. The van der Waals surface area contributed by atoms with Gasteiger partial charge in [-0.3, -0.25) is 14.2 Å². The van der Waals surface area contributed by atoms with E-state index >= 15 is 0 Å². The number of aromatic nitrogens is 2. The SMILES string of the molecule is CCCCn1c(S[C@@H](CC)C(=O)Nc2cccc(C)c2)nc2ccc(N3CCOCC3)cc2c1=O. The summed E-state index contributed by atoms with van der Waals surface area (Å²) in [6.45, 7) is 9.67. The summed E-state index contributed by atoms with van der Waals surface area (Å²) < 4.78 is 7.22. The maximum atomic E-state index is 13.6. The average molecular weight is 495 g/mol. The van der Waals surface area contributed by atoms with Crippen molar-refractivity contribution in [1.29, 1.82) is 0 Å². The van der Waals surface area contributed by atoms with Gasteiger partial charge in [-0.2, -0.15) is 0 Å². The Bertz CT molecular complexity index is 1240. The zero-order valence-electron chi connectivity index (χ0n) is 20.8. The highest BCUT2D eigenvalue weighted by atomic mass is 32.2. The van der Waals surface area contributed by atoms with Gasteiger partial charge in [0.25, 0.3) is 5.56 Å². The van der Waals surface area contributed by atoms with Gasteiger partial charge in [-0.1, -0.05) is 44.2 Å². The fraction of sp³-hybridized carbons (Fsp3) is 0.444. The van der Waals surface area contributed by atoms with Crippen LogP contribution in [0.5, 0.6) is 0 Å². The molecule has 0 radical (unpaired) electrons. The van der Waals surface area contributed by atoms with E-state index in [-0.39, 0.29) is 16.7 Å². The van der Waals surface area contributed by atoms with Crippen LogP contribution in [0.1, 0.15) is 38.7 Å². The molecule has 0 bridgehead atoms. The predicted octanol–water partition coefficient (Wildman–Crippen LogP) is 4.85. The Labute approximate surface area is 210 Å². The first kappa shape index (κ1) is 25.3. The lowest BCUT2D eigenvalue weighted by atomic mass is 10.2. The van der Waals surface area contributed by atoms with Crippen LogP contribution in [0.25, 0.3) is 10.9 Å². The second kappa shape index (κ2) is 11.7. The van der Waals surface area contributed by atoms with Crippen LogP contribution in [0.4, 0.5) is 11.4 Å². The van der Waals surface area contributed by atoms with Crippen molar-refractivity contribution in [2.75, 3.05) is 36.5 Å². The van der Waals surface area contributed by atoms with Gasteiger partial charge >= 0.3 is 0 Å². The number of anilines is 2. The van der Waals surface area contributed by atoms with Crippen LogP contribution in [0.15, 0.2) is 52.4 Å². The number of nitrogens with zero attached hydrogens (tertiary/aromatic N) is 3. The number of amides is 1. The predicted molar refractivity (Wildman–Crippen MR) is 144 cm³/mol. The monoisotopic (exact) mass is 494 g/mol. The molecule has 0 unspecified atom stereocenters. The maximum absolute atomic E-state index is 13.6. The number of carbonyl (C=O) groups is 1. The number of hydrogen-bond acceptors (Lipinski definition) is 6. The fourth-order valence-electron chi connectivity index (χ4n) is 4.21. The molecule has 0 aliphatic carbocycles. The number of unbranched alkanes of at least 4 members (excludes halogenated alkanes) is 1. The molecule has 7 nitrogen and oxygen atoms in total. The van der Waals surface area contributed by atoms with Crippen molar-refractivity contribution in [3.8, 4) is 0 Å². The van der Waals surface area contributed by atoms with E-state index < -0.39 is 0 Å². The molecule has 1 aromatic heterocycles. The minimum atomic E-state index is -0.361. The van der Waals surface area contributed by atoms with Crippen LogP contribution in [-0.4, -0.2) is 47.0 Å². The lowest BCUT2D eigenvalue weighted by Crippen LogP contribution is -2.36. The Kier molecular flexibility index (Phi) is 8.46. The topological polar surface area (TPSA) is 76.5 Å². The van der Waals surface area contributed by atoms with Crippen LogP contribution in [-0.2, 0) is 16.1 Å². The highest BCUT2D eigenvalue weighted by Gasteiger charge is 2.23. The molecule has 1 atom stereocenters. The molecule has 8 heteroatoms. The van der Waals surface area contributed by atoms with Gasteiger partial charge in [-0.15, -0.1) is 0 Å². The Morgan fingerprint density at radius 2 is 1.97 bits per heavy atom. The lowest BCUT2D eigenvalue weighted by molar-refractivity contribution is -0.115. The molecule has 1 aliphatic rings. The number of ether oxygens (including phenoxy) is 1. The Hall–Kier alpha value is -2.84. The van der Waals surface area contributed by atoms with Crippen molar-refractivity contribution in [3.05, 3.63) is 58.4 Å². The van der Waals surface area contributed by atoms with Crippen LogP contribution >= 0.6 is 11.8 Å². The van der Waals surface area contributed by atoms with Crippen LogP contribution < -0.4 is 15.8 Å². The van der Waals surface area contributed by atoms with Crippen molar-refractivity contribution < 1.29 is 9.53 Å².